The average molecular weight is 161 g/mol. The van der Waals surface area contributed by atoms with E-state index in [4.69, 9.17) is 5.11 Å². The first-order valence-electron chi connectivity index (χ1n) is 3.85. The minimum Gasteiger partial charge on any atom is -0.395 e. The Hall–Kier alpha value is 0.270. The molecule has 1 saturated heterocycles. The zero-order valence-electron chi connectivity index (χ0n) is 6.18. The fraction of sp³-hybridized carbons (Fsp3) is 1.00. The SMILES string of the molecule is OCCN[C@H]1CCCSC1. The summed E-state index contributed by atoms with van der Waals surface area (Å²) in [6, 6.07) is 0.658. The van der Waals surface area contributed by atoms with Crippen molar-refractivity contribution in [2.45, 2.75) is 18.9 Å². The number of aliphatic hydroxyl groups excluding tert-OH is 1. The van der Waals surface area contributed by atoms with Crippen molar-refractivity contribution in [2.75, 3.05) is 24.7 Å². The molecule has 3 heteroatoms. The highest BCUT2D eigenvalue weighted by molar-refractivity contribution is 7.99. The Kier molecular flexibility index (Phi) is 4.18. The van der Waals surface area contributed by atoms with E-state index in [1.807, 2.05) is 11.8 Å². The van der Waals surface area contributed by atoms with E-state index in [1.165, 1.54) is 24.3 Å². The lowest BCUT2D eigenvalue weighted by atomic mass is 10.2. The van der Waals surface area contributed by atoms with Gasteiger partial charge in [-0.1, -0.05) is 0 Å². The fourth-order valence-electron chi connectivity index (χ4n) is 1.17. The zero-order valence-corrected chi connectivity index (χ0v) is 6.99. The van der Waals surface area contributed by atoms with Crippen LogP contribution >= 0.6 is 11.8 Å². The number of aliphatic hydroxyl groups is 1. The summed E-state index contributed by atoms with van der Waals surface area (Å²) in [6.07, 6.45) is 2.61. The van der Waals surface area contributed by atoms with Crippen LogP contribution in [0.15, 0.2) is 0 Å². The molecule has 0 bridgehead atoms. The molecule has 0 aromatic rings. The molecule has 1 aliphatic heterocycles. The van der Waals surface area contributed by atoms with Gasteiger partial charge in [-0.3, -0.25) is 0 Å². The second-order valence-corrected chi connectivity index (χ2v) is 3.74. The van der Waals surface area contributed by atoms with Crippen molar-refractivity contribution in [3.05, 3.63) is 0 Å². The molecule has 60 valence electrons. The summed E-state index contributed by atoms with van der Waals surface area (Å²) < 4.78 is 0. The first-order chi connectivity index (χ1) is 4.93. The first kappa shape index (κ1) is 8.37. The van der Waals surface area contributed by atoms with E-state index in [1.54, 1.807) is 0 Å². The topological polar surface area (TPSA) is 32.3 Å². The summed E-state index contributed by atoms with van der Waals surface area (Å²) in [5, 5.41) is 11.8. The highest BCUT2D eigenvalue weighted by Crippen LogP contribution is 2.16. The van der Waals surface area contributed by atoms with E-state index < -0.39 is 0 Å². The number of nitrogens with one attached hydrogen (secondary N) is 1. The molecule has 1 fully saturated rings. The first-order valence-corrected chi connectivity index (χ1v) is 5.01. The zero-order chi connectivity index (χ0) is 7.23. The van der Waals surface area contributed by atoms with Gasteiger partial charge in [0, 0.05) is 18.3 Å². The van der Waals surface area contributed by atoms with Crippen LogP contribution in [0.25, 0.3) is 0 Å². The maximum atomic E-state index is 8.53. The molecule has 10 heavy (non-hydrogen) atoms. The highest BCUT2D eigenvalue weighted by Gasteiger charge is 2.11. The van der Waals surface area contributed by atoms with Gasteiger partial charge in [0.25, 0.3) is 0 Å². The molecule has 2 N–H and O–H groups in total. The summed E-state index contributed by atoms with van der Waals surface area (Å²) in [7, 11) is 0. The Bertz CT molecular complexity index is 83.7. The lowest BCUT2D eigenvalue weighted by molar-refractivity contribution is 0.284. The van der Waals surface area contributed by atoms with Crippen molar-refractivity contribution in [3.63, 3.8) is 0 Å². The van der Waals surface area contributed by atoms with Crippen molar-refractivity contribution in [1.29, 1.82) is 0 Å². The van der Waals surface area contributed by atoms with Crippen molar-refractivity contribution in [3.8, 4) is 0 Å². The molecule has 2 nitrogen and oxygen atoms in total. The molecule has 0 aromatic carbocycles. The van der Waals surface area contributed by atoms with Crippen LogP contribution in [-0.2, 0) is 0 Å². The predicted molar refractivity (Wildman–Crippen MR) is 45.4 cm³/mol. The van der Waals surface area contributed by atoms with Gasteiger partial charge in [0.05, 0.1) is 6.61 Å². The van der Waals surface area contributed by atoms with E-state index in [2.05, 4.69) is 5.32 Å². The van der Waals surface area contributed by atoms with E-state index in [-0.39, 0.29) is 6.61 Å². The van der Waals surface area contributed by atoms with Gasteiger partial charge in [0.1, 0.15) is 0 Å². The van der Waals surface area contributed by atoms with Gasteiger partial charge < -0.3 is 10.4 Å². The Morgan fingerprint density at radius 2 is 2.50 bits per heavy atom. The summed E-state index contributed by atoms with van der Waals surface area (Å²) in [4.78, 5) is 0. The molecular weight excluding hydrogens is 146 g/mol. The Morgan fingerprint density at radius 1 is 1.60 bits per heavy atom. The third kappa shape index (κ3) is 2.90. The van der Waals surface area contributed by atoms with Gasteiger partial charge in [0.2, 0.25) is 0 Å². The van der Waals surface area contributed by atoms with Crippen molar-refractivity contribution in [1.82, 2.24) is 5.32 Å². The highest BCUT2D eigenvalue weighted by atomic mass is 32.2. The second-order valence-electron chi connectivity index (χ2n) is 2.59. The number of thioether (sulfide) groups is 1. The van der Waals surface area contributed by atoms with Gasteiger partial charge in [-0.05, 0) is 18.6 Å². The van der Waals surface area contributed by atoms with Crippen LogP contribution in [0.2, 0.25) is 0 Å². The van der Waals surface area contributed by atoms with Crippen molar-refractivity contribution in [2.24, 2.45) is 0 Å². The summed E-state index contributed by atoms with van der Waals surface area (Å²) in [6.45, 7) is 1.02. The van der Waals surface area contributed by atoms with Crippen LogP contribution in [0.4, 0.5) is 0 Å². The minimum atomic E-state index is 0.265. The largest absolute Gasteiger partial charge is 0.395 e. The number of hydrogen-bond donors (Lipinski definition) is 2. The Labute approximate surface area is 66.4 Å². The molecule has 0 aromatic heterocycles. The predicted octanol–water partition coefficient (Wildman–Crippen LogP) is 0.464. The molecule has 0 amide bonds. The van der Waals surface area contributed by atoms with E-state index in [0.717, 1.165) is 6.54 Å². The van der Waals surface area contributed by atoms with Crippen molar-refractivity contribution >= 4 is 11.8 Å². The molecular formula is C7H15NOS. The molecule has 0 aliphatic carbocycles. The number of rotatable bonds is 3. The van der Waals surface area contributed by atoms with Crippen LogP contribution < -0.4 is 5.32 Å². The van der Waals surface area contributed by atoms with Gasteiger partial charge in [-0.15, -0.1) is 0 Å². The second kappa shape index (κ2) is 4.99. The third-order valence-electron chi connectivity index (χ3n) is 1.71. The summed E-state index contributed by atoms with van der Waals surface area (Å²) >= 11 is 2.01. The fourth-order valence-corrected chi connectivity index (χ4v) is 2.28. The van der Waals surface area contributed by atoms with Crippen LogP contribution in [-0.4, -0.2) is 35.8 Å². The lowest BCUT2D eigenvalue weighted by Gasteiger charge is -2.21. The van der Waals surface area contributed by atoms with Crippen molar-refractivity contribution < 1.29 is 5.11 Å². The smallest absolute Gasteiger partial charge is 0.0556 e. The van der Waals surface area contributed by atoms with Gasteiger partial charge >= 0.3 is 0 Å². The van der Waals surface area contributed by atoms with E-state index in [0.29, 0.717) is 6.04 Å². The number of hydrogen-bond acceptors (Lipinski definition) is 3. The monoisotopic (exact) mass is 161 g/mol. The normalized spacial score (nSPS) is 26.7. The third-order valence-corrected chi connectivity index (χ3v) is 2.92. The molecule has 1 atom stereocenters. The standard InChI is InChI=1S/C7H15NOS/c9-4-3-8-7-2-1-5-10-6-7/h7-9H,1-6H2/t7-/m0/s1. The average Bonchev–Trinajstić information content (AvgIpc) is 2.03. The molecule has 0 spiro atoms. The van der Waals surface area contributed by atoms with E-state index in [9.17, 15) is 0 Å². The molecule has 1 aliphatic rings. The van der Waals surface area contributed by atoms with Gasteiger partial charge in [-0.25, -0.2) is 0 Å². The maximum Gasteiger partial charge on any atom is 0.0556 e. The quantitative estimate of drug-likeness (QED) is 0.631. The van der Waals surface area contributed by atoms with Gasteiger partial charge in [0.15, 0.2) is 0 Å². The molecule has 1 rings (SSSR count). The van der Waals surface area contributed by atoms with Crippen LogP contribution in [0, 0.1) is 0 Å². The van der Waals surface area contributed by atoms with Crippen LogP contribution in [0.3, 0.4) is 0 Å². The molecule has 0 radical (unpaired) electrons. The van der Waals surface area contributed by atoms with E-state index >= 15 is 0 Å². The summed E-state index contributed by atoms with van der Waals surface area (Å²) in [5.41, 5.74) is 0. The van der Waals surface area contributed by atoms with Crippen LogP contribution in [0.1, 0.15) is 12.8 Å². The lowest BCUT2D eigenvalue weighted by Crippen LogP contribution is -2.35. The Balaban J connectivity index is 2.02. The summed E-state index contributed by atoms with van der Waals surface area (Å²) in [5.74, 6) is 2.54. The molecule has 1 heterocycles. The minimum absolute atomic E-state index is 0.265. The molecule has 0 unspecified atom stereocenters. The van der Waals surface area contributed by atoms with Crippen LogP contribution in [0.5, 0.6) is 0 Å². The molecule has 0 saturated carbocycles. The van der Waals surface area contributed by atoms with Gasteiger partial charge in [-0.2, -0.15) is 11.8 Å². The maximum absolute atomic E-state index is 8.53. The Morgan fingerprint density at radius 3 is 3.10 bits per heavy atom.